The van der Waals surface area contributed by atoms with Crippen LogP contribution in [-0.4, -0.2) is 25.0 Å². The van der Waals surface area contributed by atoms with Gasteiger partial charge in [0, 0.05) is 18.5 Å². The molecule has 0 aromatic heterocycles. The van der Waals surface area contributed by atoms with E-state index in [1.165, 1.54) is 6.42 Å². The highest BCUT2D eigenvalue weighted by Crippen LogP contribution is 2.02. The van der Waals surface area contributed by atoms with Crippen LogP contribution in [0.2, 0.25) is 0 Å². The summed E-state index contributed by atoms with van der Waals surface area (Å²) in [6.45, 7) is 5.86. The Labute approximate surface area is 73.9 Å². The summed E-state index contributed by atoms with van der Waals surface area (Å²) >= 11 is 0. The smallest absolute Gasteiger partial charge is 0.222 e. The minimum atomic E-state index is 0.104. The molecule has 1 fully saturated rings. The van der Waals surface area contributed by atoms with Gasteiger partial charge in [-0.05, 0) is 19.4 Å². The van der Waals surface area contributed by atoms with Crippen molar-refractivity contribution < 1.29 is 4.79 Å². The van der Waals surface area contributed by atoms with Crippen LogP contribution in [0.15, 0.2) is 0 Å². The lowest BCUT2D eigenvalue weighted by Crippen LogP contribution is -2.46. The van der Waals surface area contributed by atoms with Gasteiger partial charge < -0.3 is 10.6 Å². The van der Waals surface area contributed by atoms with Crippen LogP contribution in [-0.2, 0) is 4.79 Å². The number of amides is 1. The Morgan fingerprint density at radius 1 is 1.58 bits per heavy atom. The van der Waals surface area contributed by atoms with E-state index in [2.05, 4.69) is 10.6 Å². The lowest BCUT2D eigenvalue weighted by molar-refractivity contribution is -0.124. The van der Waals surface area contributed by atoms with Gasteiger partial charge >= 0.3 is 0 Å². The first-order valence-electron chi connectivity index (χ1n) is 4.71. The molecule has 12 heavy (non-hydrogen) atoms. The van der Waals surface area contributed by atoms with Crippen LogP contribution in [0.5, 0.6) is 0 Å². The number of hydrogen-bond acceptors (Lipinski definition) is 2. The van der Waals surface area contributed by atoms with Gasteiger partial charge in [0.1, 0.15) is 0 Å². The van der Waals surface area contributed by atoms with Gasteiger partial charge in [0.15, 0.2) is 0 Å². The predicted octanol–water partition coefficient (Wildman–Crippen LogP) is 0.511. The lowest BCUT2D eigenvalue weighted by atomic mass is 10.1. The Hall–Kier alpha value is -0.570. The zero-order valence-corrected chi connectivity index (χ0v) is 7.89. The molecule has 0 spiro atoms. The number of piperidine rings is 1. The molecule has 3 heteroatoms. The molecule has 0 radical (unpaired) electrons. The van der Waals surface area contributed by atoms with Crippen molar-refractivity contribution in [3.8, 4) is 0 Å². The van der Waals surface area contributed by atoms with Crippen LogP contribution < -0.4 is 10.6 Å². The highest BCUT2D eigenvalue weighted by atomic mass is 16.1. The molecule has 1 heterocycles. The Balaban J connectivity index is 2.24. The summed E-state index contributed by atoms with van der Waals surface area (Å²) in [6, 6.07) is 0.355. The topological polar surface area (TPSA) is 41.1 Å². The Bertz CT molecular complexity index is 151. The lowest BCUT2D eigenvalue weighted by Gasteiger charge is -2.24. The van der Waals surface area contributed by atoms with Crippen LogP contribution >= 0.6 is 0 Å². The summed E-state index contributed by atoms with van der Waals surface area (Å²) in [7, 11) is 0. The summed E-state index contributed by atoms with van der Waals surface area (Å²) in [5.74, 6) is 0.274. The number of nitrogens with one attached hydrogen (secondary N) is 2. The van der Waals surface area contributed by atoms with Gasteiger partial charge in [-0.2, -0.15) is 0 Å². The van der Waals surface area contributed by atoms with Crippen molar-refractivity contribution in [3.63, 3.8) is 0 Å². The van der Waals surface area contributed by atoms with E-state index < -0.39 is 0 Å². The summed E-state index contributed by atoms with van der Waals surface area (Å²) < 4.78 is 0. The first kappa shape index (κ1) is 9.52. The molecule has 1 saturated heterocycles. The largest absolute Gasteiger partial charge is 0.352 e. The van der Waals surface area contributed by atoms with Gasteiger partial charge in [-0.1, -0.05) is 13.8 Å². The summed E-state index contributed by atoms with van der Waals surface area (Å²) in [4.78, 5) is 11.3. The van der Waals surface area contributed by atoms with Crippen LogP contribution in [0.25, 0.3) is 0 Å². The van der Waals surface area contributed by atoms with E-state index in [9.17, 15) is 4.79 Å². The molecule has 1 aliphatic rings. The fourth-order valence-electron chi connectivity index (χ4n) is 1.34. The fraction of sp³-hybridized carbons (Fsp3) is 0.889. The van der Waals surface area contributed by atoms with Crippen LogP contribution in [0.1, 0.15) is 26.7 Å². The molecule has 0 aromatic carbocycles. The third-order valence-corrected chi connectivity index (χ3v) is 2.17. The normalized spacial score (nSPS) is 24.1. The molecule has 3 nitrogen and oxygen atoms in total. The summed E-state index contributed by atoms with van der Waals surface area (Å²) in [6.07, 6.45) is 2.29. The first-order valence-corrected chi connectivity index (χ1v) is 4.71. The van der Waals surface area contributed by atoms with E-state index in [-0.39, 0.29) is 11.8 Å². The third kappa shape index (κ3) is 2.81. The van der Waals surface area contributed by atoms with Crippen molar-refractivity contribution in [1.29, 1.82) is 0 Å². The maximum atomic E-state index is 11.3. The van der Waals surface area contributed by atoms with Crippen LogP contribution in [0.4, 0.5) is 0 Å². The van der Waals surface area contributed by atoms with Gasteiger partial charge in [0.25, 0.3) is 0 Å². The molecule has 0 bridgehead atoms. The van der Waals surface area contributed by atoms with Crippen molar-refractivity contribution in [2.45, 2.75) is 32.7 Å². The number of carbonyl (C=O) groups excluding carboxylic acids is 1. The molecule has 1 rings (SSSR count). The monoisotopic (exact) mass is 170 g/mol. The highest BCUT2D eigenvalue weighted by molar-refractivity contribution is 5.78. The molecule has 1 amide bonds. The quantitative estimate of drug-likeness (QED) is 0.634. The van der Waals surface area contributed by atoms with Crippen molar-refractivity contribution in [3.05, 3.63) is 0 Å². The van der Waals surface area contributed by atoms with Gasteiger partial charge in [0.05, 0.1) is 0 Å². The molecule has 0 aromatic rings. The first-order chi connectivity index (χ1) is 5.70. The minimum absolute atomic E-state index is 0.104. The molecule has 0 saturated carbocycles. The molecule has 0 aliphatic carbocycles. The summed E-state index contributed by atoms with van der Waals surface area (Å²) in [5, 5.41) is 6.28. The predicted molar refractivity (Wildman–Crippen MR) is 48.9 cm³/mol. The SMILES string of the molecule is CC(C)C(=O)N[C@@H]1CCCNC1. The highest BCUT2D eigenvalue weighted by Gasteiger charge is 2.16. The second kappa shape index (κ2) is 4.45. The van der Waals surface area contributed by atoms with Crippen molar-refractivity contribution in [1.82, 2.24) is 10.6 Å². The van der Waals surface area contributed by atoms with Crippen molar-refractivity contribution in [2.24, 2.45) is 5.92 Å². The average molecular weight is 170 g/mol. The van der Waals surface area contributed by atoms with Gasteiger partial charge in [0.2, 0.25) is 5.91 Å². The standard InChI is InChI=1S/C9H18N2O/c1-7(2)9(12)11-8-4-3-5-10-6-8/h7-8,10H,3-6H2,1-2H3,(H,11,12)/t8-/m1/s1. The Morgan fingerprint density at radius 3 is 2.83 bits per heavy atom. The van der Waals surface area contributed by atoms with E-state index in [0.717, 1.165) is 19.5 Å². The molecule has 0 unspecified atom stereocenters. The zero-order valence-electron chi connectivity index (χ0n) is 7.89. The molecule has 2 N–H and O–H groups in total. The van der Waals surface area contributed by atoms with Crippen molar-refractivity contribution in [2.75, 3.05) is 13.1 Å². The number of hydrogen-bond donors (Lipinski definition) is 2. The molecule has 70 valence electrons. The number of carbonyl (C=O) groups is 1. The third-order valence-electron chi connectivity index (χ3n) is 2.17. The van der Waals surface area contributed by atoms with E-state index in [1.807, 2.05) is 13.8 Å². The molecular formula is C9H18N2O. The number of rotatable bonds is 2. The van der Waals surface area contributed by atoms with Crippen LogP contribution in [0, 0.1) is 5.92 Å². The second-order valence-corrected chi connectivity index (χ2v) is 3.71. The Morgan fingerprint density at radius 2 is 2.33 bits per heavy atom. The average Bonchev–Trinajstić information content (AvgIpc) is 2.06. The Kier molecular flexibility index (Phi) is 3.53. The fourth-order valence-corrected chi connectivity index (χ4v) is 1.34. The molecule has 1 atom stereocenters. The van der Waals surface area contributed by atoms with E-state index in [1.54, 1.807) is 0 Å². The summed E-state index contributed by atoms with van der Waals surface area (Å²) in [5.41, 5.74) is 0. The van der Waals surface area contributed by atoms with Gasteiger partial charge in [-0.25, -0.2) is 0 Å². The molecule has 1 aliphatic heterocycles. The maximum Gasteiger partial charge on any atom is 0.222 e. The van der Waals surface area contributed by atoms with Gasteiger partial charge in [-0.15, -0.1) is 0 Å². The van der Waals surface area contributed by atoms with E-state index >= 15 is 0 Å². The van der Waals surface area contributed by atoms with Gasteiger partial charge in [-0.3, -0.25) is 4.79 Å². The van der Waals surface area contributed by atoms with Crippen molar-refractivity contribution >= 4 is 5.91 Å². The van der Waals surface area contributed by atoms with Crippen LogP contribution in [0.3, 0.4) is 0 Å². The zero-order chi connectivity index (χ0) is 8.97. The maximum absolute atomic E-state index is 11.3. The van der Waals surface area contributed by atoms with E-state index in [4.69, 9.17) is 0 Å². The minimum Gasteiger partial charge on any atom is -0.352 e. The second-order valence-electron chi connectivity index (χ2n) is 3.71. The van der Waals surface area contributed by atoms with E-state index in [0.29, 0.717) is 6.04 Å². The molecular weight excluding hydrogens is 152 g/mol.